The van der Waals surface area contributed by atoms with Crippen LogP contribution < -0.4 is 5.43 Å². The number of alkyl halides is 2. The number of rotatable bonds is 1. The van der Waals surface area contributed by atoms with Gasteiger partial charge in [-0.15, -0.1) is 0 Å². The normalized spacial score (nSPS) is 22.3. The SMILES string of the molecule is CC(C)(C)OC(=O)NN=C1CCCC(F)(F)C1. The second-order valence-corrected chi connectivity index (χ2v) is 5.18. The zero-order chi connectivity index (χ0) is 13.1. The van der Waals surface area contributed by atoms with Gasteiger partial charge in [-0.25, -0.2) is 19.0 Å². The first-order valence-corrected chi connectivity index (χ1v) is 5.60. The van der Waals surface area contributed by atoms with E-state index in [0.29, 0.717) is 18.6 Å². The van der Waals surface area contributed by atoms with Crippen LogP contribution in [0.25, 0.3) is 0 Å². The van der Waals surface area contributed by atoms with Crippen LogP contribution in [0.15, 0.2) is 5.10 Å². The Balaban J connectivity index is 2.46. The summed E-state index contributed by atoms with van der Waals surface area (Å²) in [7, 11) is 0. The smallest absolute Gasteiger partial charge is 0.428 e. The molecule has 0 aromatic heterocycles. The van der Waals surface area contributed by atoms with E-state index in [-0.39, 0.29) is 12.8 Å². The maximum Gasteiger partial charge on any atom is 0.428 e. The fourth-order valence-electron chi connectivity index (χ4n) is 1.55. The zero-order valence-electron chi connectivity index (χ0n) is 10.3. The second kappa shape index (κ2) is 4.98. The van der Waals surface area contributed by atoms with Crippen LogP contribution in [-0.2, 0) is 4.74 Å². The monoisotopic (exact) mass is 248 g/mol. The first kappa shape index (κ1) is 13.9. The molecule has 1 rings (SSSR count). The number of amides is 1. The lowest BCUT2D eigenvalue weighted by molar-refractivity contribution is -0.00796. The molecule has 98 valence electrons. The van der Waals surface area contributed by atoms with Gasteiger partial charge >= 0.3 is 6.09 Å². The first-order valence-electron chi connectivity index (χ1n) is 5.60. The summed E-state index contributed by atoms with van der Waals surface area (Å²) >= 11 is 0. The number of hydrogen-bond acceptors (Lipinski definition) is 3. The van der Waals surface area contributed by atoms with E-state index < -0.39 is 17.6 Å². The number of carbonyl (C=O) groups excluding carboxylic acids is 1. The maximum atomic E-state index is 13.0. The van der Waals surface area contributed by atoms with Crippen molar-refractivity contribution in [2.24, 2.45) is 5.10 Å². The number of hydrogen-bond donors (Lipinski definition) is 1. The van der Waals surface area contributed by atoms with Crippen molar-refractivity contribution < 1.29 is 18.3 Å². The van der Waals surface area contributed by atoms with Gasteiger partial charge in [0.2, 0.25) is 0 Å². The van der Waals surface area contributed by atoms with Gasteiger partial charge < -0.3 is 4.74 Å². The molecule has 1 saturated carbocycles. The largest absolute Gasteiger partial charge is 0.443 e. The molecule has 1 aliphatic rings. The first-order chi connectivity index (χ1) is 7.68. The highest BCUT2D eigenvalue weighted by molar-refractivity contribution is 5.86. The predicted molar refractivity (Wildman–Crippen MR) is 60.2 cm³/mol. The van der Waals surface area contributed by atoms with Crippen LogP contribution in [0.4, 0.5) is 13.6 Å². The van der Waals surface area contributed by atoms with E-state index in [0.717, 1.165) is 0 Å². The molecule has 0 saturated heterocycles. The zero-order valence-corrected chi connectivity index (χ0v) is 10.3. The minimum atomic E-state index is -2.70. The Morgan fingerprint density at radius 3 is 2.65 bits per heavy atom. The number of nitrogens with one attached hydrogen (secondary N) is 1. The molecule has 0 bridgehead atoms. The molecule has 1 aliphatic carbocycles. The van der Waals surface area contributed by atoms with Crippen LogP contribution >= 0.6 is 0 Å². The maximum absolute atomic E-state index is 13.0. The summed E-state index contributed by atoms with van der Waals surface area (Å²) in [6.45, 7) is 5.15. The van der Waals surface area contributed by atoms with Crippen molar-refractivity contribution in [2.75, 3.05) is 0 Å². The van der Waals surface area contributed by atoms with Gasteiger partial charge in [0, 0.05) is 12.1 Å². The third-order valence-corrected chi connectivity index (χ3v) is 2.17. The summed E-state index contributed by atoms with van der Waals surface area (Å²) < 4.78 is 31.0. The van der Waals surface area contributed by atoms with E-state index in [9.17, 15) is 13.6 Å². The Morgan fingerprint density at radius 2 is 2.12 bits per heavy atom. The molecule has 0 aliphatic heterocycles. The minimum Gasteiger partial charge on any atom is -0.443 e. The molecule has 6 heteroatoms. The van der Waals surface area contributed by atoms with Crippen LogP contribution in [0, 0.1) is 0 Å². The lowest BCUT2D eigenvalue weighted by Gasteiger charge is -2.23. The van der Waals surface area contributed by atoms with Crippen molar-refractivity contribution in [3.05, 3.63) is 0 Å². The summed E-state index contributed by atoms with van der Waals surface area (Å²) in [5.41, 5.74) is 1.83. The highest BCUT2D eigenvalue weighted by atomic mass is 19.3. The van der Waals surface area contributed by atoms with Crippen molar-refractivity contribution in [1.29, 1.82) is 0 Å². The van der Waals surface area contributed by atoms with Gasteiger partial charge in [0.15, 0.2) is 0 Å². The Bertz CT molecular complexity index is 322. The quantitative estimate of drug-likeness (QED) is 0.725. The number of halogens is 2. The molecule has 4 nitrogen and oxygen atoms in total. The molecule has 0 aromatic rings. The Kier molecular flexibility index (Phi) is 4.06. The molecule has 0 spiro atoms. The van der Waals surface area contributed by atoms with Crippen molar-refractivity contribution in [3.63, 3.8) is 0 Å². The summed E-state index contributed by atoms with van der Waals surface area (Å²) in [6, 6.07) is 0. The number of hydrazone groups is 1. The standard InChI is InChI=1S/C11H18F2N2O2/c1-10(2,3)17-9(16)15-14-8-5-4-6-11(12,13)7-8/h4-7H2,1-3H3,(H,15,16). The second-order valence-electron chi connectivity index (χ2n) is 5.18. The molecular formula is C11H18F2N2O2. The van der Waals surface area contributed by atoms with Crippen molar-refractivity contribution in [2.45, 2.75) is 58.0 Å². The van der Waals surface area contributed by atoms with Crippen LogP contribution in [0.5, 0.6) is 0 Å². The minimum absolute atomic E-state index is 0.113. The van der Waals surface area contributed by atoms with E-state index in [2.05, 4.69) is 10.5 Å². The summed E-state index contributed by atoms with van der Waals surface area (Å²) in [5.74, 6) is -2.70. The molecule has 0 radical (unpaired) electrons. The number of nitrogens with zero attached hydrogens (tertiary/aromatic N) is 1. The Labute approximate surface area is 99.4 Å². The van der Waals surface area contributed by atoms with Gasteiger partial charge in [0.05, 0.1) is 6.42 Å². The lowest BCUT2D eigenvalue weighted by atomic mass is 9.95. The highest BCUT2D eigenvalue weighted by Crippen LogP contribution is 2.31. The van der Waals surface area contributed by atoms with E-state index in [1.54, 1.807) is 20.8 Å². The molecule has 0 aromatic carbocycles. The molecule has 1 amide bonds. The molecule has 0 atom stereocenters. The van der Waals surface area contributed by atoms with E-state index in [1.165, 1.54) is 0 Å². The summed E-state index contributed by atoms with van der Waals surface area (Å²) in [5, 5.41) is 3.68. The molecular weight excluding hydrogens is 230 g/mol. The number of carbonyl (C=O) groups is 1. The topological polar surface area (TPSA) is 50.7 Å². The third-order valence-electron chi connectivity index (χ3n) is 2.17. The molecule has 0 unspecified atom stereocenters. The molecule has 1 N–H and O–H groups in total. The van der Waals surface area contributed by atoms with Crippen LogP contribution in [0.3, 0.4) is 0 Å². The van der Waals surface area contributed by atoms with Gasteiger partial charge in [-0.3, -0.25) is 0 Å². The molecule has 17 heavy (non-hydrogen) atoms. The summed E-state index contributed by atoms with van der Waals surface area (Å²) in [4.78, 5) is 11.2. The average molecular weight is 248 g/mol. The highest BCUT2D eigenvalue weighted by Gasteiger charge is 2.34. The van der Waals surface area contributed by atoms with Gasteiger partial charge in [-0.05, 0) is 33.6 Å². The van der Waals surface area contributed by atoms with Gasteiger partial charge in [0.1, 0.15) is 5.60 Å². The van der Waals surface area contributed by atoms with Gasteiger partial charge in [0.25, 0.3) is 5.92 Å². The fourth-order valence-corrected chi connectivity index (χ4v) is 1.55. The lowest BCUT2D eigenvalue weighted by Crippen LogP contribution is -2.32. The predicted octanol–water partition coefficient (Wildman–Crippen LogP) is 3.08. The Hall–Kier alpha value is -1.20. The van der Waals surface area contributed by atoms with Crippen molar-refractivity contribution in [1.82, 2.24) is 5.43 Å². The number of ether oxygens (including phenoxy) is 1. The van der Waals surface area contributed by atoms with E-state index in [1.807, 2.05) is 0 Å². The fraction of sp³-hybridized carbons (Fsp3) is 0.818. The van der Waals surface area contributed by atoms with Crippen LogP contribution in [0.2, 0.25) is 0 Å². The van der Waals surface area contributed by atoms with E-state index in [4.69, 9.17) is 4.74 Å². The van der Waals surface area contributed by atoms with Crippen LogP contribution in [-0.4, -0.2) is 23.3 Å². The van der Waals surface area contributed by atoms with Crippen LogP contribution in [0.1, 0.15) is 46.5 Å². The van der Waals surface area contributed by atoms with Crippen molar-refractivity contribution in [3.8, 4) is 0 Å². The third kappa shape index (κ3) is 5.60. The summed E-state index contributed by atoms with van der Waals surface area (Å²) in [6.07, 6.45) is -0.340. The van der Waals surface area contributed by atoms with E-state index >= 15 is 0 Å². The molecule has 0 heterocycles. The average Bonchev–Trinajstić information content (AvgIpc) is 2.10. The van der Waals surface area contributed by atoms with Crippen molar-refractivity contribution >= 4 is 11.8 Å². The van der Waals surface area contributed by atoms with Gasteiger partial charge in [-0.1, -0.05) is 0 Å². The Morgan fingerprint density at radius 1 is 1.47 bits per heavy atom. The van der Waals surface area contributed by atoms with Gasteiger partial charge in [-0.2, -0.15) is 5.10 Å². The molecule has 1 fully saturated rings.